The van der Waals surface area contributed by atoms with Gasteiger partial charge >= 0.3 is 6.09 Å². The Kier molecular flexibility index (Phi) is 6.45. The van der Waals surface area contributed by atoms with Crippen molar-refractivity contribution in [2.75, 3.05) is 13.2 Å². The van der Waals surface area contributed by atoms with Crippen LogP contribution in [0.5, 0.6) is 0 Å². The Morgan fingerprint density at radius 3 is 2.42 bits per heavy atom. The number of carbonyl (C=O) groups is 2. The topological polar surface area (TPSA) is 75.6 Å². The van der Waals surface area contributed by atoms with Gasteiger partial charge in [-0.2, -0.15) is 0 Å². The monoisotopic (exact) mass is 331 g/mol. The van der Waals surface area contributed by atoms with E-state index in [1.54, 1.807) is 6.07 Å². The first-order valence-corrected chi connectivity index (χ1v) is 7.48. The van der Waals surface area contributed by atoms with Crippen LogP contribution in [0.2, 0.25) is 0 Å². The molecular formula is C18H18FNO4. The zero-order valence-corrected chi connectivity index (χ0v) is 12.9. The van der Waals surface area contributed by atoms with Gasteiger partial charge < -0.3 is 9.84 Å². The van der Waals surface area contributed by atoms with Gasteiger partial charge in [-0.1, -0.05) is 48.5 Å². The second-order valence-electron chi connectivity index (χ2n) is 5.12. The molecule has 0 unspecified atom stereocenters. The van der Waals surface area contributed by atoms with Crippen molar-refractivity contribution < 1.29 is 23.8 Å². The molecule has 0 fully saturated rings. The molecule has 2 N–H and O–H groups in total. The van der Waals surface area contributed by atoms with E-state index in [9.17, 15) is 19.1 Å². The normalized spacial score (nSPS) is 11.6. The number of alkyl carbamates (subject to hydrolysis) is 1. The summed E-state index contributed by atoms with van der Waals surface area (Å²) in [6, 6.07) is 15.0. The second-order valence-corrected chi connectivity index (χ2v) is 5.12. The number of hydrogen-bond donors (Lipinski definition) is 2. The first-order valence-electron chi connectivity index (χ1n) is 7.48. The number of benzene rings is 2. The van der Waals surface area contributed by atoms with E-state index in [1.807, 2.05) is 35.6 Å². The smallest absolute Gasteiger partial charge is 0.413 e. The minimum Gasteiger partial charge on any atom is -0.449 e. The first kappa shape index (κ1) is 17.6. The number of halogens is 1. The summed E-state index contributed by atoms with van der Waals surface area (Å²) in [5.41, 5.74) is 1.02. The molecule has 0 aliphatic heterocycles. The van der Waals surface area contributed by atoms with Crippen molar-refractivity contribution >= 4 is 12.0 Å². The minimum atomic E-state index is -1.17. The Bertz CT molecular complexity index is 690. The number of ether oxygens (including phenoxy) is 1. The fourth-order valence-corrected chi connectivity index (χ4v) is 2.21. The molecule has 126 valence electrons. The number of aliphatic hydroxyl groups excluding tert-OH is 1. The molecule has 0 spiro atoms. The number of nitrogens with one attached hydrogen (secondary N) is 1. The summed E-state index contributed by atoms with van der Waals surface area (Å²) < 4.78 is 18.6. The number of rotatable bonds is 6. The van der Waals surface area contributed by atoms with Crippen LogP contribution in [0.4, 0.5) is 9.18 Å². The van der Waals surface area contributed by atoms with Crippen LogP contribution in [0.25, 0.3) is 0 Å². The van der Waals surface area contributed by atoms with Crippen LogP contribution < -0.4 is 5.32 Å². The van der Waals surface area contributed by atoms with Gasteiger partial charge in [-0.05, 0) is 11.6 Å². The number of carbonyl (C=O) groups excluding carboxylic acids is 2. The van der Waals surface area contributed by atoms with Crippen LogP contribution in [-0.2, 0) is 16.0 Å². The Morgan fingerprint density at radius 1 is 1.08 bits per heavy atom. The van der Waals surface area contributed by atoms with Crippen molar-refractivity contribution in [2.45, 2.75) is 12.3 Å². The molecule has 0 saturated carbocycles. The summed E-state index contributed by atoms with van der Waals surface area (Å²) >= 11 is 0. The molecule has 0 aromatic heterocycles. The number of aliphatic hydroxyl groups is 1. The minimum absolute atomic E-state index is 0.0228. The molecule has 0 radical (unpaired) electrons. The van der Waals surface area contributed by atoms with Crippen LogP contribution >= 0.6 is 0 Å². The van der Waals surface area contributed by atoms with Crippen molar-refractivity contribution in [1.29, 1.82) is 0 Å². The molecule has 0 saturated heterocycles. The van der Waals surface area contributed by atoms with E-state index in [4.69, 9.17) is 4.74 Å². The van der Waals surface area contributed by atoms with E-state index >= 15 is 0 Å². The van der Waals surface area contributed by atoms with Crippen molar-refractivity contribution in [3.8, 4) is 0 Å². The lowest BCUT2D eigenvalue weighted by atomic mass is 9.98. The van der Waals surface area contributed by atoms with Crippen LogP contribution in [-0.4, -0.2) is 30.3 Å². The maximum absolute atomic E-state index is 13.7. The van der Waals surface area contributed by atoms with E-state index in [-0.39, 0.29) is 12.2 Å². The Balaban J connectivity index is 1.86. The van der Waals surface area contributed by atoms with E-state index in [2.05, 4.69) is 0 Å². The standard InChI is InChI=1S/C18H18FNO4/c19-16-9-5-4-8-14(16)15(12-21)17(22)20-18(23)24-11-10-13-6-2-1-3-7-13/h1-9,15,21H,10-12H2,(H,20,22,23)/t15-/m1/s1. The van der Waals surface area contributed by atoms with Gasteiger partial charge in [0.1, 0.15) is 5.82 Å². The van der Waals surface area contributed by atoms with Gasteiger partial charge in [0.2, 0.25) is 5.91 Å². The Hall–Kier alpha value is -2.73. The summed E-state index contributed by atoms with van der Waals surface area (Å²) in [6.45, 7) is -0.517. The van der Waals surface area contributed by atoms with Crippen LogP contribution in [0, 0.1) is 5.82 Å². The van der Waals surface area contributed by atoms with E-state index in [0.717, 1.165) is 5.56 Å². The highest BCUT2D eigenvalue weighted by atomic mass is 19.1. The van der Waals surface area contributed by atoms with E-state index in [1.165, 1.54) is 18.2 Å². The highest BCUT2D eigenvalue weighted by Gasteiger charge is 2.24. The molecule has 2 amide bonds. The maximum atomic E-state index is 13.7. The van der Waals surface area contributed by atoms with Gasteiger partial charge in [-0.25, -0.2) is 9.18 Å². The van der Waals surface area contributed by atoms with E-state index in [0.29, 0.717) is 6.42 Å². The molecule has 24 heavy (non-hydrogen) atoms. The third-order valence-corrected chi connectivity index (χ3v) is 3.47. The zero-order chi connectivity index (χ0) is 17.4. The van der Waals surface area contributed by atoms with Gasteiger partial charge in [0.05, 0.1) is 19.1 Å². The summed E-state index contributed by atoms with van der Waals surface area (Å²) in [4.78, 5) is 23.7. The average Bonchev–Trinajstić information content (AvgIpc) is 2.58. The van der Waals surface area contributed by atoms with Crippen molar-refractivity contribution in [1.82, 2.24) is 5.32 Å². The van der Waals surface area contributed by atoms with Crippen molar-refractivity contribution in [3.63, 3.8) is 0 Å². The van der Waals surface area contributed by atoms with Crippen LogP contribution in [0.15, 0.2) is 54.6 Å². The quantitative estimate of drug-likeness (QED) is 0.852. The Morgan fingerprint density at radius 2 is 1.75 bits per heavy atom. The molecule has 2 rings (SSSR count). The number of hydrogen-bond acceptors (Lipinski definition) is 4. The highest BCUT2D eigenvalue weighted by Crippen LogP contribution is 2.18. The second kappa shape index (κ2) is 8.79. The SMILES string of the molecule is O=C(NC(=O)[C@H](CO)c1ccccc1F)OCCc1ccccc1. The summed E-state index contributed by atoms with van der Waals surface area (Å²) in [7, 11) is 0. The molecule has 0 aliphatic rings. The number of imide groups is 1. The molecule has 0 bridgehead atoms. The number of amides is 2. The van der Waals surface area contributed by atoms with Crippen molar-refractivity contribution in [2.24, 2.45) is 0 Å². The third-order valence-electron chi connectivity index (χ3n) is 3.47. The molecule has 0 aliphatic carbocycles. The Labute approximate surface area is 139 Å². The van der Waals surface area contributed by atoms with Crippen molar-refractivity contribution in [3.05, 3.63) is 71.5 Å². The van der Waals surface area contributed by atoms with Gasteiger partial charge in [-0.3, -0.25) is 10.1 Å². The van der Waals surface area contributed by atoms with Gasteiger partial charge in [0.25, 0.3) is 0 Å². The predicted molar refractivity (Wildman–Crippen MR) is 85.9 cm³/mol. The molecule has 2 aromatic carbocycles. The highest BCUT2D eigenvalue weighted by molar-refractivity contribution is 5.95. The van der Waals surface area contributed by atoms with E-state index < -0.39 is 30.3 Å². The molecular weight excluding hydrogens is 313 g/mol. The lowest BCUT2D eigenvalue weighted by Gasteiger charge is -2.14. The largest absolute Gasteiger partial charge is 0.449 e. The fraction of sp³-hybridized carbons (Fsp3) is 0.222. The fourth-order valence-electron chi connectivity index (χ4n) is 2.21. The molecule has 6 heteroatoms. The maximum Gasteiger partial charge on any atom is 0.413 e. The van der Waals surface area contributed by atoms with Crippen LogP contribution in [0.3, 0.4) is 0 Å². The predicted octanol–water partition coefficient (Wildman–Crippen LogP) is 2.40. The molecule has 5 nitrogen and oxygen atoms in total. The lowest BCUT2D eigenvalue weighted by Crippen LogP contribution is -2.37. The molecule has 2 aromatic rings. The summed E-state index contributed by atoms with van der Waals surface area (Å²) in [6.07, 6.45) is -0.412. The van der Waals surface area contributed by atoms with Gasteiger partial charge in [-0.15, -0.1) is 0 Å². The molecule has 0 heterocycles. The van der Waals surface area contributed by atoms with Gasteiger partial charge in [0.15, 0.2) is 0 Å². The summed E-state index contributed by atoms with van der Waals surface area (Å²) in [5.74, 6) is -2.61. The summed E-state index contributed by atoms with van der Waals surface area (Å²) in [5, 5.41) is 11.3. The average molecular weight is 331 g/mol. The first-order chi connectivity index (χ1) is 11.6. The zero-order valence-electron chi connectivity index (χ0n) is 12.9. The molecule has 1 atom stereocenters. The lowest BCUT2D eigenvalue weighted by molar-refractivity contribution is -0.122. The van der Waals surface area contributed by atoms with Gasteiger partial charge in [0, 0.05) is 12.0 Å². The van der Waals surface area contributed by atoms with Crippen LogP contribution in [0.1, 0.15) is 17.0 Å². The third kappa shape index (κ3) is 4.89.